The summed E-state index contributed by atoms with van der Waals surface area (Å²) in [4.78, 5) is 0. The first kappa shape index (κ1) is 58.9. The van der Waals surface area contributed by atoms with E-state index in [4.69, 9.17) is 17.7 Å². The predicted octanol–water partition coefficient (Wildman–Crippen LogP) is 15.6. The molecule has 2 rings (SSSR count). The second-order valence-corrected chi connectivity index (χ2v) is 49.7. The van der Waals surface area contributed by atoms with Crippen LogP contribution in [0, 0.1) is 50.6 Å². The van der Waals surface area contributed by atoms with Crippen molar-refractivity contribution in [3.63, 3.8) is 0 Å². The van der Waals surface area contributed by atoms with E-state index in [9.17, 15) is 0 Å². The van der Waals surface area contributed by atoms with Crippen molar-refractivity contribution in [2.24, 2.45) is 0 Å². The second kappa shape index (κ2) is 22.9. The van der Waals surface area contributed by atoms with Crippen LogP contribution in [0.5, 0.6) is 0 Å². The van der Waals surface area contributed by atoms with Crippen LogP contribution in [0.3, 0.4) is 0 Å². The van der Waals surface area contributed by atoms with Crippen LogP contribution in [-0.2, 0) is 17.7 Å². The molecule has 0 aliphatic rings. The molecule has 0 saturated heterocycles. The lowest BCUT2D eigenvalue weighted by Gasteiger charge is -2.37. The van der Waals surface area contributed by atoms with E-state index in [1.165, 1.54) is 3.57 Å². The molecule has 0 radical (unpaired) electrons. The van der Waals surface area contributed by atoms with Gasteiger partial charge in [-0.15, -0.1) is 5.54 Å². The molecule has 0 aliphatic carbocycles. The van der Waals surface area contributed by atoms with Gasteiger partial charge in [-0.1, -0.05) is 144 Å². The molecular formula is C55H85IO4Si5. The minimum absolute atomic E-state index is 0.0401. The zero-order valence-corrected chi connectivity index (χ0v) is 52.1. The topological polar surface area (TPSA) is 36.9 Å². The van der Waals surface area contributed by atoms with Crippen LogP contribution in [-0.4, -0.2) is 67.8 Å². The zero-order valence-electron chi connectivity index (χ0n) is 45.0. The molecule has 0 unspecified atom stereocenters. The molecule has 0 heterocycles. The van der Waals surface area contributed by atoms with E-state index in [1.807, 2.05) is 12.1 Å². The lowest BCUT2D eigenvalue weighted by atomic mass is 10.1. The van der Waals surface area contributed by atoms with E-state index in [0.29, 0.717) is 26.4 Å². The summed E-state index contributed by atoms with van der Waals surface area (Å²) in [6, 6.07) is 16.5. The van der Waals surface area contributed by atoms with E-state index < -0.39 is 41.3 Å². The molecule has 10 heteroatoms. The van der Waals surface area contributed by atoms with Gasteiger partial charge in [-0.2, -0.15) is 0 Å². The Morgan fingerprint density at radius 2 is 0.600 bits per heavy atom. The average molecular weight is 1080 g/mol. The maximum Gasteiger partial charge on any atom is 0.192 e. The summed E-state index contributed by atoms with van der Waals surface area (Å²) < 4.78 is 28.5. The number of rotatable bonds is 12. The fourth-order valence-corrected chi connectivity index (χ4v) is 9.19. The maximum absolute atomic E-state index is 6.85. The average Bonchev–Trinajstić information content (AvgIpc) is 3.14. The lowest BCUT2D eigenvalue weighted by molar-refractivity contribution is 0.308. The van der Waals surface area contributed by atoms with Crippen molar-refractivity contribution in [2.45, 2.75) is 175 Å². The van der Waals surface area contributed by atoms with Crippen LogP contribution in [0.2, 0.25) is 92.2 Å². The van der Waals surface area contributed by atoms with Crippen molar-refractivity contribution >= 4 is 63.9 Å². The molecule has 0 saturated carbocycles. The van der Waals surface area contributed by atoms with Gasteiger partial charge in [-0.25, -0.2) is 0 Å². The molecular weight excluding hydrogens is 992 g/mol. The summed E-state index contributed by atoms with van der Waals surface area (Å²) in [6.07, 6.45) is 0. The molecule has 2 aromatic rings. The maximum atomic E-state index is 6.85. The minimum Gasteiger partial charge on any atom is -0.412 e. The third-order valence-corrected chi connectivity index (χ3v) is 33.2. The van der Waals surface area contributed by atoms with Gasteiger partial charge in [0.2, 0.25) is 0 Å². The van der Waals surface area contributed by atoms with Gasteiger partial charge < -0.3 is 17.7 Å². The summed E-state index contributed by atoms with van der Waals surface area (Å²) in [5, 5.41) is 0.216. The molecule has 65 heavy (non-hydrogen) atoms. The van der Waals surface area contributed by atoms with E-state index >= 15 is 0 Å². The van der Waals surface area contributed by atoms with Crippen molar-refractivity contribution in [3.05, 3.63) is 91.1 Å². The Labute approximate surface area is 418 Å². The third-order valence-electron chi connectivity index (χ3n) is 13.7. The monoisotopic (exact) mass is 1080 g/mol. The fourth-order valence-electron chi connectivity index (χ4n) is 4.55. The van der Waals surface area contributed by atoms with Crippen LogP contribution in [0.4, 0.5) is 0 Å². The number of halogens is 1. The smallest absolute Gasteiger partial charge is 0.192 e. The molecule has 0 bridgehead atoms. The van der Waals surface area contributed by atoms with Crippen molar-refractivity contribution < 1.29 is 17.7 Å². The Morgan fingerprint density at radius 1 is 0.385 bits per heavy atom. The van der Waals surface area contributed by atoms with Gasteiger partial charge in [0, 0.05) is 42.6 Å². The zero-order chi connectivity index (χ0) is 50.1. The van der Waals surface area contributed by atoms with Gasteiger partial charge in [-0.05, 0) is 144 Å². The molecule has 4 nitrogen and oxygen atoms in total. The van der Waals surface area contributed by atoms with Gasteiger partial charge in [0.1, 0.15) is 8.07 Å². The quantitative estimate of drug-likeness (QED) is 0.121. The Kier molecular flexibility index (Phi) is 20.8. The lowest BCUT2D eigenvalue weighted by Crippen LogP contribution is -2.42. The first-order valence-electron chi connectivity index (χ1n) is 23.2. The van der Waals surface area contributed by atoms with Crippen molar-refractivity contribution in [1.29, 1.82) is 0 Å². The Bertz CT molecular complexity index is 2260. The number of benzene rings is 2. The summed E-state index contributed by atoms with van der Waals surface area (Å²) >= 11 is 2.33. The van der Waals surface area contributed by atoms with Gasteiger partial charge in [0.25, 0.3) is 0 Å². The van der Waals surface area contributed by atoms with Gasteiger partial charge in [0.15, 0.2) is 33.3 Å². The Morgan fingerprint density at radius 3 is 0.815 bits per heavy atom. The summed E-state index contributed by atoms with van der Waals surface area (Å²) in [6.45, 7) is 53.9. The van der Waals surface area contributed by atoms with Crippen LogP contribution in [0.1, 0.15) is 99.8 Å². The molecule has 0 aromatic heterocycles. The van der Waals surface area contributed by atoms with Crippen molar-refractivity contribution in [3.8, 4) is 47.0 Å². The van der Waals surface area contributed by atoms with Crippen LogP contribution < -0.4 is 0 Å². The fraction of sp³-hybridized carbons (Fsp3) is 0.564. The summed E-state index contributed by atoms with van der Waals surface area (Å²) in [7, 11) is -10.1. The number of hydrogen-bond donors (Lipinski definition) is 0. The largest absolute Gasteiger partial charge is 0.412 e. The molecule has 2 aromatic carbocycles. The summed E-state index contributed by atoms with van der Waals surface area (Å²) in [5.41, 5.74) is 9.92. The molecule has 0 atom stereocenters. The Hall–Kier alpha value is -2.19. The second-order valence-electron chi connectivity index (χ2n) is 24.4. The van der Waals surface area contributed by atoms with Crippen LogP contribution >= 0.6 is 22.6 Å². The highest BCUT2D eigenvalue weighted by atomic mass is 127. The highest BCUT2D eigenvalue weighted by Gasteiger charge is 2.40. The van der Waals surface area contributed by atoms with E-state index in [0.717, 1.165) is 39.0 Å². The van der Waals surface area contributed by atoms with E-state index in [-0.39, 0.29) is 20.2 Å². The predicted molar refractivity (Wildman–Crippen MR) is 304 cm³/mol. The standard InChI is InChI=1S/C55H85IO4Si5/c1-52(2,3)62(16,17)57-40-47(48(41-58-63(18,19)53(4,5)6)34-30-46-31-36-51(56)37-32-46)33-28-44-24-26-45(27-25-44)29-35-49(42-59-64(20,21)54(7,8)9)50(38-39-61(13,14)15)43-60-65(22,23)55(10,11)12/h24-27,31-32,36-37H,40-43H2,1-23H3/b48-47+,50-49+. The first-order valence-corrected chi connectivity index (χ1v) is 39.4. The first-order chi connectivity index (χ1) is 29.3. The summed E-state index contributed by atoms with van der Waals surface area (Å²) in [5.74, 6) is 24.6. The van der Waals surface area contributed by atoms with E-state index in [2.05, 4.69) is 261 Å². The van der Waals surface area contributed by atoms with Gasteiger partial charge >= 0.3 is 0 Å². The Balaban J connectivity index is 2.82. The van der Waals surface area contributed by atoms with Crippen molar-refractivity contribution in [2.75, 3.05) is 26.4 Å². The number of hydrogen-bond acceptors (Lipinski definition) is 4. The SMILES string of the molecule is CC(C)(C)[Si](C)(C)OC/C(C#Cc1ccc(I)cc1)=C(\C#Cc1ccc(C#C/C(CO[Si](C)(C)C(C)(C)C)=C(/C#C[Si](C)(C)C)CO[Si](C)(C)C(C)(C)C)cc1)CO[Si](C)(C)C(C)(C)C. The highest BCUT2D eigenvalue weighted by molar-refractivity contribution is 14.1. The molecule has 0 aliphatic heterocycles. The molecule has 356 valence electrons. The van der Waals surface area contributed by atoms with Gasteiger partial charge in [-0.3, -0.25) is 0 Å². The molecule has 0 amide bonds. The minimum atomic E-state index is -2.12. The third kappa shape index (κ3) is 19.4. The van der Waals surface area contributed by atoms with Crippen LogP contribution in [0.15, 0.2) is 70.8 Å². The molecule has 0 spiro atoms. The normalized spacial score (nSPS) is 14.0. The molecule has 0 N–H and O–H groups in total. The van der Waals surface area contributed by atoms with Crippen molar-refractivity contribution in [1.82, 2.24) is 0 Å². The molecule has 0 fully saturated rings. The highest BCUT2D eigenvalue weighted by Crippen LogP contribution is 2.40. The van der Waals surface area contributed by atoms with E-state index in [1.54, 1.807) is 0 Å². The van der Waals surface area contributed by atoms with Crippen LogP contribution in [0.25, 0.3) is 0 Å². The van der Waals surface area contributed by atoms with Gasteiger partial charge in [0.05, 0.1) is 26.4 Å².